The molecule has 27 heavy (non-hydrogen) atoms. The number of carbonyl (C=O) groups excluding carboxylic acids is 2. The van der Waals surface area contributed by atoms with Gasteiger partial charge in [-0.25, -0.2) is 9.97 Å². The molecule has 9 heteroatoms. The van der Waals surface area contributed by atoms with Crippen LogP contribution in [0.25, 0.3) is 21.8 Å². The highest BCUT2D eigenvalue weighted by molar-refractivity contribution is 7.14. The number of hydrogen-bond acceptors (Lipinski definition) is 6. The Hall–Kier alpha value is -3.30. The average molecular weight is 395 g/mol. The van der Waals surface area contributed by atoms with Crippen molar-refractivity contribution in [2.24, 2.45) is 5.73 Å². The molecule has 3 heterocycles. The lowest BCUT2D eigenvalue weighted by atomic mass is 10.2. The molecule has 0 fully saturated rings. The summed E-state index contributed by atoms with van der Waals surface area (Å²) in [5, 5.41) is 7.50. The largest absolute Gasteiger partial charge is 0.364 e. The zero-order valence-electron chi connectivity index (χ0n) is 13.8. The summed E-state index contributed by atoms with van der Waals surface area (Å²) in [6.07, 6.45) is 1.65. The monoisotopic (exact) mass is 395 g/mol. The molecule has 0 unspecified atom stereocenters. The van der Waals surface area contributed by atoms with Crippen LogP contribution in [0.2, 0.25) is 0 Å². The predicted molar refractivity (Wildman–Crippen MR) is 106 cm³/mol. The standard InChI is InChI=1S/C18H13N5O2S2/c19-15(24)12-6-11(7-20-12)13-8-27-18(22-13)23-16(25)14-9-26-17(21-14)10-4-2-1-3-5-10/h1-9,20H,(H2,19,24)(H,22,23,25). The van der Waals surface area contributed by atoms with E-state index in [1.165, 1.54) is 22.7 Å². The fraction of sp³-hybridized carbons (Fsp3) is 0. The van der Waals surface area contributed by atoms with Crippen LogP contribution < -0.4 is 11.1 Å². The van der Waals surface area contributed by atoms with E-state index in [0.717, 1.165) is 16.1 Å². The molecule has 0 atom stereocenters. The number of nitrogens with one attached hydrogen (secondary N) is 2. The Morgan fingerprint density at radius 2 is 1.85 bits per heavy atom. The maximum Gasteiger partial charge on any atom is 0.276 e. The van der Waals surface area contributed by atoms with Gasteiger partial charge < -0.3 is 10.7 Å². The number of hydrogen-bond donors (Lipinski definition) is 3. The van der Waals surface area contributed by atoms with E-state index in [9.17, 15) is 9.59 Å². The summed E-state index contributed by atoms with van der Waals surface area (Å²) in [4.78, 5) is 35.2. The highest BCUT2D eigenvalue weighted by Crippen LogP contribution is 2.27. The van der Waals surface area contributed by atoms with E-state index in [1.54, 1.807) is 23.0 Å². The van der Waals surface area contributed by atoms with Gasteiger partial charge in [0, 0.05) is 28.1 Å². The lowest BCUT2D eigenvalue weighted by molar-refractivity contribution is 0.0993. The van der Waals surface area contributed by atoms with E-state index in [1.807, 2.05) is 30.3 Å². The summed E-state index contributed by atoms with van der Waals surface area (Å²) >= 11 is 2.70. The number of primary amides is 1. The minimum Gasteiger partial charge on any atom is -0.364 e. The molecule has 0 saturated carbocycles. The van der Waals surface area contributed by atoms with Gasteiger partial charge in [-0.05, 0) is 6.07 Å². The second kappa shape index (κ2) is 7.14. The molecule has 7 nitrogen and oxygen atoms in total. The van der Waals surface area contributed by atoms with Crippen LogP contribution in [0.5, 0.6) is 0 Å². The quantitative estimate of drug-likeness (QED) is 0.479. The van der Waals surface area contributed by atoms with E-state index in [4.69, 9.17) is 5.73 Å². The number of nitrogens with two attached hydrogens (primary N) is 1. The normalized spacial score (nSPS) is 10.7. The molecule has 4 N–H and O–H groups in total. The van der Waals surface area contributed by atoms with E-state index in [0.29, 0.717) is 22.2 Å². The summed E-state index contributed by atoms with van der Waals surface area (Å²) < 4.78 is 0. The first-order chi connectivity index (χ1) is 13.1. The second-order valence-electron chi connectivity index (χ2n) is 5.56. The van der Waals surface area contributed by atoms with Crippen LogP contribution in [0.15, 0.2) is 53.4 Å². The van der Waals surface area contributed by atoms with Gasteiger partial charge in [-0.1, -0.05) is 30.3 Å². The average Bonchev–Trinajstić information content (AvgIpc) is 3.42. The molecule has 3 aromatic heterocycles. The first-order valence-corrected chi connectivity index (χ1v) is 9.62. The van der Waals surface area contributed by atoms with Gasteiger partial charge in [0.2, 0.25) is 0 Å². The van der Waals surface area contributed by atoms with Crippen LogP contribution in [0, 0.1) is 0 Å². The Bertz CT molecular complexity index is 1110. The van der Waals surface area contributed by atoms with Gasteiger partial charge in [0.25, 0.3) is 11.8 Å². The summed E-state index contributed by atoms with van der Waals surface area (Å²) in [6, 6.07) is 11.3. The van der Waals surface area contributed by atoms with Gasteiger partial charge >= 0.3 is 0 Å². The van der Waals surface area contributed by atoms with Gasteiger partial charge in [0.05, 0.1) is 5.69 Å². The number of amides is 2. The van der Waals surface area contributed by atoms with Crippen molar-refractivity contribution in [1.82, 2.24) is 15.0 Å². The van der Waals surface area contributed by atoms with Crippen LogP contribution in [-0.2, 0) is 0 Å². The van der Waals surface area contributed by atoms with Crippen molar-refractivity contribution in [1.29, 1.82) is 0 Å². The van der Waals surface area contributed by atoms with Crippen molar-refractivity contribution in [2.45, 2.75) is 0 Å². The van der Waals surface area contributed by atoms with Gasteiger partial charge in [-0.15, -0.1) is 22.7 Å². The first-order valence-electron chi connectivity index (χ1n) is 7.86. The van der Waals surface area contributed by atoms with Crippen LogP contribution in [-0.4, -0.2) is 26.8 Å². The summed E-state index contributed by atoms with van der Waals surface area (Å²) in [7, 11) is 0. The van der Waals surface area contributed by atoms with Crippen LogP contribution in [0.4, 0.5) is 5.13 Å². The van der Waals surface area contributed by atoms with Crippen LogP contribution >= 0.6 is 22.7 Å². The Morgan fingerprint density at radius 1 is 1.04 bits per heavy atom. The van der Waals surface area contributed by atoms with E-state index in [-0.39, 0.29) is 5.91 Å². The molecule has 0 aliphatic rings. The molecule has 0 aliphatic carbocycles. The van der Waals surface area contributed by atoms with Crippen LogP contribution in [0.3, 0.4) is 0 Å². The summed E-state index contributed by atoms with van der Waals surface area (Å²) in [6.45, 7) is 0. The SMILES string of the molecule is NC(=O)c1cc(-c2csc(NC(=O)c3csc(-c4ccccc4)n3)n2)c[nH]1. The molecule has 0 spiro atoms. The lowest BCUT2D eigenvalue weighted by Gasteiger charge is -1.98. The molecule has 134 valence electrons. The molecule has 0 saturated heterocycles. The smallest absolute Gasteiger partial charge is 0.276 e. The molecule has 4 aromatic rings. The first kappa shape index (κ1) is 17.1. The third-order valence-corrected chi connectivity index (χ3v) is 5.38. The van der Waals surface area contributed by atoms with Crippen molar-refractivity contribution in [3.63, 3.8) is 0 Å². The fourth-order valence-corrected chi connectivity index (χ4v) is 3.92. The zero-order chi connectivity index (χ0) is 18.8. The zero-order valence-corrected chi connectivity index (χ0v) is 15.4. The number of anilines is 1. The van der Waals surface area contributed by atoms with Crippen molar-refractivity contribution < 1.29 is 9.59 Å². The number of H-pyrrole nitrogens is 1. The molecular weight excluding hydrogens is 382 g/mol. The Labute approximate surface area is 161 Å². The van der Waals surface area contributed by atoms with Crippen molar-refractivity contribution in [3.05, 3.63) is 64.7 Å². The topological polar surface area (TPSA) is 114 Å². The second-order valence-corrected chi connectivity index (χ2v) is 7.28. The minimum atomic E-state index is -0.539. The van der Waals surface area contributed by atoms with E-state index < -0.39 is 5.91 Å². The van der Waals surface area contributed by atoms with E-state index in [2.05, 4.69) is 20.3 Å². The Morgan fingerprint density at radius 3 is 2.59 bits per heavy atom. The molecular formula is C18H13N5O2S2. The molecule has 0 bridgehead atoms. The molecule has 0 aliphatic heterocycles. The number of aromatic amines is 1. The number of aromatic nitrogens is 3. The molecule has 2 amide bonds. The maximum absolute atomic E-state index is 12.4. The highest BCUT2D eigenvalue weighted by Gasteiger charge is 2.15. The van der Waals surface area contributed by atoms with Gasteiger partial charge in [0.15, 0.2) is 5.13 Å². The summed E-state index contributed by atoms with van der Waals surface area (Å²) in [5.74, 6) is -0.857. The van der Waals surface area contributed by atoms with E-state index >= 15 is 0 Å². The van der Waals surface area contributed by atoms with Crippen LogP contribution in [0.1, 0.15) is 21.0 Å². The number of carbonyl (C=O) groups is 2. The van der Waals surface area contributed by atoms with Crippen molar-refractivity contribution in [3.8, 4) is 21.8 Å². The maximum atomic E-state index is 12.4. The number of benzene rings is 1. The van der Waals surface area contributed by atoms with Crippen molar-refractivity contribution in [2.75, 3.05) is 5.32 Å². The fourth-order valence-electron chi connectivity index (χ4n) is 2.40. The predicted octanol–water partition coefficient (Wildman–Crippen LogP) is 3.61. The molecule has 1 aromatic carbocycles. The van der Waals surface area contributed by atoms with Crippen molar-refractivity contribution >= 4 is 39.6 Å². The Kier molecular flexibility index (Phi) is 4.53. The minimum absolute atomic E-state index is 0.305. The number of nitrogens with zero attached hydrogens (tertiary/aromatic N) is 2. The molecule has 4 rings (SSSR count). The third kappa shape index (κ3) is 3.64. The third-order valence-electron chi connectivity index (χ3n) is 3.73. The number of thiazole rings is 2. The van der Waals surface area contributed by atoms with Gasteiger partial charge in [-0.2, -0.15) is 0 Å². The Balaban J connectivity index is 1.48. The van der Waals surface area contributed by atoms with Gasteiger partial charge in [0.1, 0.15) is 16.4 Å². The lowest BCUT2D eigenvalue weighted by Crippen LogP contribution is -2.12. The summed E-state index contributed by atoms with van der Waals surface area (Å²) in [5.41, 5.74) is 8.21. The highest BCUT2D eigenvalue weighted by atomic mass is 32.1. The number of rotatable bonds is 5. The molecule has 0 radical (unpaired) electrons. The van der Waals surface area contributed by atoms with Gasteiger partial charge in [-0.3, -0.25) is 14.9 Å².